The molecule has 3 atom stereocenters. The molecule has 0 aliphatic heterocycles. The summed E-state index contributed by atoms with van der Waals surface area (Å²) in [6.45, 7) is 0. The second-order valence-electron chi connectivity index (χ2n) is 8.02. The van der Waals surface area contributed by atoms with Gasteiger partial charge in [-0.3, -0.25) is 4.79 Å². The summed E-state index contributed by atoms with van der Waals surface area (Å²) in [5.74, 6) is -4.34. The van der Waals surface area contributed by atoms with Crippen molar-refractivity contribution in [3.8, 4) is 12.1 Å². The summed E-state index contributed by atoms with van der Waals surface area (Å²) in [4.78, 5) is 14.4. The zero-order chi connectivity index (χ0) is 24.2. The van der Waals surface area contributed by atoms with Crippen LogP contribution in [0.4, 0.5) is 0 Å². The van der Waals surface area contributed by atoms with Gasteiger partial charge < -0.3 is 5.11 Å². The van der Waals surface area contributed by atoms with Crippen LogP contribution in [0, 0.1) is 28.6 Å². The van der Waals surface area contributed by atoms with Gasteiger partial charge in [0.05, 0.1) is 24.0 Å². The highest BCUT2D eigenvalue weighted by Crippen LogP contribution is 2.46. The lowest BCUT2D eigenvalue weighted by Crippen LogP contribution is -2.37. The molecule has 0 unspecified atom stereocenters. The Hall–Kier alpha value is -3.77. The molecule has 3 aromatic rings. The maximum absolute atomic E-state index is 14.0. The second-order valence-corrected chi connectivity index (χ2v) is 8.93. The normalized spacial score (nSPS) is 18.9. The fraction of sp³-hybridized carbons (Fsp3) is 0.143. The van der Waals surface area contributed by atoms with E-state index in [4.69, 9.17) is 23.8 Å². The van der Waals surface area contributed by atoms with Crippen LogP contribution in [0.2, 0.25) is 5.02 Å². The van der Waals surface area contributed by atoms with E-state index in [0.29, 0.717) is 21.0 Å². The van der Waals surface area contributed by atoms with Crippen LogP contribution in [0.15, 0.2) is 96.3 Å². The minimum absolute atomic E-state index is 0.0340. The molecule has 0 heterocycles. The van der Waals surface area contributed by atoms with Gasteiger partial charge in [-0.25, -0.2) is 0 Å². The minimum atomic E-state index is -1.21. The number of halogens is 1. The van der Waals surface area contributed by atoms with E-state index in [1.54, 1.807) is 24.3 Å². The molecule has 0 bridgehead atoms. The van der Waals surface area contributed by atoms with E-state index in [2.05, 4.69) is 0 Å². The maximum Gasteiger partial charge on any atom is 0.175 e. The molecular formula is C28H19ClN2O2S. The molecule has 1 N–H and O–H groups in total. The molecule has 6 heteroatoms. The van der Waals surface area contributed by atoms with E-state index < -0.39 is 29.5 Å². The lowest BCUT2D eigenvalue weighted by atomic mass is 9.68. The zero-order valence-corrected chi connectivity index (χ0v) is 19.5. The van der Waals surface area contributed by atoms with Gasteiger partial charge in [0.1, 0.15) is 11.7 Å². The molecule has 4 nitrogen and oxygen atoms in total. The summed E-state index contributed by atoms with van der Waals surface area (Å²) in [7, 11) is 0. The molecule has 1 aliphatic carbocycles. The molecule has 1 aliphatic rings. The van der Waals surface area contributed by atoms with Crippen LogP contribution in [-0.2, 0) is 4.79 Å². The third kappa shape index (κ3) is 4.24. The van der Waals surface area contributed by atoms with Gasteiger partial charge in [0, 0.05) is 21.4 Å². The largest absolute Gasteiger partial charge is 0.511 e. The number of aliphatic hydroxyl groups excluding tert-OH is 1. The molecule has 0 amide bonds. The standard InChI is InChI=1S/C28H19ClN2O2S/c29-21-13-11-19(12-14-21)22(20(15-30)16-31)25-26(32)23(17-7-3-1-4-8-17)28(34)24(27(25)33)18-9-5-2-6-10-18/h1-14,20,22-24,32H/t22-,23+,24-/m1/s1. The van der Waals surface area contributed by atoms with Gasteiger partial charge in [0.2, 0.25) is 0 Å². The number of rotatable bonds is 5. The molecule has 0 aromatic heterocycles. The van der Waals surface area contributed by atoms with Crippen molar-refractivity contribution in [2.24, 2.45) is 5.92 Å². The Morgan fingerprint density at radius 1 is 0.824 bits per heavy atom. The number of carbonyl (C=O) groups excluding carboxylic acids is 1. The number of nitrogens with zero attached hydrogens (tertiary/aromatic N) is 2. The van der Waals surface area contributed by atoms with Crippen LogP contribution in [0.5, 0.6) is 0 Å². The van der Waals surface area contributed by atoms with Gasteiger partial charge in [0.15, 0.2) is 5.78 Å². The first-order valence-corrected chi connectivity index (χ1v) is 11.4. The fourth-order valence-corrected chi connectivity index (χ4v) is 5.10. The van der Waals surface area contributed by atoms with E-state index in [1.807, 2.05) is 72.8 Å². The van der Waals surface area contributed by atoms with Crippen molar-refractivity contribution < 1.29 is 9.90 Å². The van der Waals surface area contributed by atoms with Crippen LogP contribution in [0.1, 0.15) is 34.4 Å². The SMILES string of the molecule is N#CC(C#N)[C@H](C1=C(O)[C@H](c2ccccc2)C(=S)[C@H](c2ccccc2)C1=O)c1ccc(Cl)cc1. The molecule has 0 radical (unpaired) electrons. The molecule has 3 aromatic carbocycles. The average Bonchev–Trinajstić information content (AvgIpc) is 2.86. The summed E-state index contributed by atoms with van der Waals surface area (Å²) in [6, 6.07) is 28.9. The number of ketones is 1. The first-order chi connectivity index (χ1) is 16.5. The lowest BCUT2D eigenvalue weighted by molar-refractivity contribution is -0.116. The fourth-order valence-electron chi connectivity index (χ4n) is 4.48. The van der Waals surface area contributed by atoms with Gasteiger partial charge in [-0.15, -0.1) is 0 Å². The number of Topliss-reactive ketones (excluding diaryl/α,β-unsaturated/α-hetero) is 1. The summed E-state index contributed by atoms with van der Waals surface area (Å²) in [6.07, 6.45) is 0. The van der Waals surface area contributed by atoms with Crippen molar-refractivity contribution in [2.75, 3.05) is 0 Å². The predicted molar refractivity (Wildman–Crippen MR) is 135 cm³/mol. The quantitative estimate of drug-likeness (QED) is 0.424. The third-order valence-electron chi connectivity index (χ3n) is 6.06. The van der Waals surface area contributed by atoms with E-state index in [0.717, 1.165) is 5.56 Å². The van der Waals surface area contributed by atoms with E-state index in [-0.39, 0.29) is 11.3 Å². The molecule has 0 saturated heterocycles. The summed E-state index contributed by atoms with van der Waals surface area (Å²) in [5, 5.41) is 31.6. The molecule has 0 fully saturated rings. The predicted octanol–water partition coefficient (Wildman–Crippen LogP) is 6.42. The topological polar surface area (TPSA) is 84.9 Å². The number of nitriles is 2. The Balaban J connectivity index is 1.99. The van der Waals surface area contributed by atoms with E-state index >= 15 is 0 Å². The van der Waals surface area contributed by atoms with Gasteiger partial charge in [-0.2, -0.15) is 10.5 Å². The smallest absolute Gasteiger partial charge is 0.175 e. The Bertz CT molecular complexity index is 1330. The third-order valence-corrected chi connectivity index (χ3v) is 6.79. The number of carbonyl (C=O) groups is 1. The lowest BCUT2D eigenvalue weighted by Gasteiger charge is -2.35. The molecule has 0 spiro atoms. The summed E-state index contributed by atoms with van der Waals surface area (Å²) >= 11 is 11.9. The highest BCUT2D eigenvalue weighted by Gasteiger charge is 2.46. The van der Waals surface area contributed by atoms with Crippen LogP contribution >= 0.6 is 23.8 Å². The van der Waals surface area contributed by atoms with Crippen molar-refractivity contribution >= 4 is 34.5 Å². The molecular weight excluding hydrogens is 464 g/mol. The van der Waals surface area contributed by atoms with Crippen LogP contribution in [0.25, 0.3) is 0 Å². The highest BCUT2D eigenvalue weighted by molar-refractivity contribution is 7.80. The number of thiocarbonyl (C=S) groups is 1. The van der Waals surface area contributed by atoms with Crippen molar-refractivity contribution in [1.29, 1.82) is 10.5 Å². The number of benzene rings is 3. The molecule has 166 valence electrons. The molecule has 4 rings (SSSR count). The van der Waals surface area contributed by atoms with Gasteiger partial charge in [-0.05, 0) is 28.8 Å². The average molecular weight is 483 g/mol. The Morgan fingerprint density at radius 3 is 1.82 bits per heavy atom. The van der Waals surface area contributed by atoms with Gasteiger partial charge >= 0.3 is 0 Å². The van der Waals surface area contributed by atoms with Crippen molar-refractivity contribution in [3.05, 3.63) is 118 Å². The number of allylic oxidation sites excluding steroid dienone is 2. The number of aliphatic hydroxyl groups is 1. The van der Waals surface area contributed by atoms with E-state index in [9.17, 15) is 20.4 Å². The minimum Gasteiger partial charge on any atom is -0.511 e. The first kappa shape index (κ1) is 23.4. The van der Waals surface area contributed by atoms with Gasteiger partial charge in [0.25, 0.3) is 0 Å². The zero-order valence-electron chi connectivity index (χ0n) is 17.9. The highest BCUT2D eigenvalue weighted by atomic mass is 35.5. The number of hydrogen-bond acceptors (Lipinski definition) is 5. The van der Waals surface area contributed by atoms with E-state index in [1.165, 1.54) is 0 Å². The molecule has 0 saturated carbocycles. The second kappa shape index (κ2) is 10.0. The van der Waals surface area contributed by atoms with Gasteiger partial charge in [-0.1, -0.05) is 96.6 Å². The van der Waals surface area contributed by atoms with Crippen LogP contribution in [-0.4, -0.2) is 15.8 Å². The molecule has 34 heavy (non-hydrogen) atoms. The van der Waals surface area contributed by atoms with Crippen LogP contribution in [0.3, 0.4) is 0 Å². The summed E-state index contributed by atoms with van der Waals surface area (Å²) in [5.41, 5.74) is 2.01. The monoisotopic (exact) mass is 482 g/mol. The summed E-state index contributed by atoms with van der Waals surface area (Å²) < 4.78 is 0. The van der Waals surface area contributed by atoms with Crippen molar-refractivity contribution in [1.82, 2.24) is 0 Å². The maximum atomic E-state index is 14.0. The van der Waals surface area contributed by atoms with Crippen molar-refractivity contribution in [2.45, 2.75) is 17.8 Å². The Morgan fingerprint density at radius 2 is 1.32 bits per heavy atom. The van der Waals surface area contributed by atoms with Crippen molar-refractivity contribution in [3.63, 3.8) is 0 Å². The number of hydrogen-bond donors (Lipinski definition) is 1. The van der Waals surface area contributed by atoms with Crippen LogP contribution < -0.4 is 0 Å². The Kier molecular flexibility index (Phi) is 6.89. The first-order valence-electron chi connectivity index (χ1n) is 10.6. The Labute approximate surface area is 208 Å².